The quantitative estimate of drug-likeness (QED) is 0.306. The lowest BCUT2D eigenvalue weighted by Gasteiger charge is -2.31. The summed E-state index contributed by atoms with van der Waals surface area (Å²) in [5.74, 6) is -0.126. The highest BCUT2D eigenvalue weighted by Crippen LogP contribution is 2.42. The number of amides is 1. The van der Waals surface area contributed by atoms with E-state index in [9.17, 15) is 9.59 Å². The molecule has 1 aromatic heterocycles. The van der Waals surface area contributed by atoms with Crippen LogP contribution in [0.25, 0.3) is 0 Å². The Balaban J connectivity index is 1.37. The van der Waals surface area contributed by atoms with E-state index < -0.39 is 12.1 Å². The van der Waals surface area contributed by atoms with Gasteiger partial charge in [0.2, 0.25) is 0 Å². The molecule has 36 heavy (non-hydrogen) atoms. The fraction of sp³-hybridized carbons (Fsp3) is 0.308. The third kappa shape index (κ3) is 4.66. The van der Waals surface area contributed by atoms with Crippen LogP contribution in [0.1, 0.15) is 56.7 Å². The number of halogens is 2. The maximum absolute atomic E-state index is 13.1. The minimum atomic E-state index is -0.629. The van der Waals surface area contributed by atoms with Gasteiger partial charge in [-0.15, -0.1) is 11.3 Å². The predicted molar refractivity (Wildman–Crippen MR) is 142 cm³/mol. The molecule has 0 bridgehead atoms. The Labute approximate surface area is 223 Å². The summed E-state index contributed by atoms with van der Waals surface area (Å²) in [6, 6.07) is 10.2. The first kappa shape index (κ1) is 24.9. The van der Waals surface area contributed by atoms with E-state index in [0.717, 1.165) is 41.2 Å². The van der Waals surface area contributed by atoms with Crippen molar-refractivity contribution in [2.45, 2.75) is 39.0 Å². The topological polar surface area (TPSA) is 79.9 Å². The van der Waals surface area contributed by atoms with Gasteiger partial charge in [0.25, 0.3) is 5.91 Å². The Kier molecular flexibility index (Phi) is 6.87. The summed E-state index contributed by atoms with van der Waals surface area (Å²) < 4.78 is 11.0. The van der Waals surface area contributed by atoms with Crippen LogP contribution < -0.4 is 20.1 Å². The van der Waals surface area contributed by atoms with Crippen LogP contribution in [0, 0.1) is 0 Å². The normalized spacial score (nSPS) is 17.2. The van der Waals surface area contributed by atoms with Crippen LogP contribution in [0.15, 0.2) is 36.4 Å². The maximum atomic E-state index is 13.1. The molecule has 3 aromatic rings. The van der Waals surface area contributed by atoms with Gasteiger partial charge in [-0.25, -0.2) is 4.79 Å². The number of ether oxygens (including phenoxy) is 2. The fourth-order valence-corrected chi connectivity index (χ4v) is 6.29. The van der Waals surface area contributed by atoms with Crippen LogP contribution in [-0.2, 0) is 13.0 Å². The Morgan fingerprint density at radius 1 is 1.14 bits per heavy atom. The Bertz CT molecular complexity index is 1360. The van der Waals surface area contributed by atoms with Gasteiger partial charge in [0, 0.05) is 29.0 Å². The molecule has 5 rings (SSSR count). The molecular formula is C26H25Cl2N3O4S. The smallest absolute Gasteiger partial charge is 0.345 e. The average Bonchev–Trinajstić information content (AvgIpc) is 3.22. The molecule has 0 radical (unpaired) electrons. The van der Waals surface area contributed by atoms with E-state index in [1.165, 1.54) is 24.1 Å². The van der Waals surface area contributed by atoms with Crippen molar-refractivity contribution >= 4 is 51.4 Å². The van der Waals surface area contributed by atoms with Gasteiger partial charge in [-0.2, -0.15) is 0 Å². The van der Waals surface area contributed by atoms with Crippen molar-refractivity contribution in [1.82, 2.24) is 10.2 Å². The van der Waals surface area contributed by atoms with Gasteiger partial charge in [-0.05, 0) is 61.7 Å². The molecule has 0 aliphatic carbocycles. The SMILES string of the molecule is COc1cc([C@@H]2NC(=O)c3c(sc4c3CCN(C(C)C)C4)N2)ccc1OC(=O)c1ccc(Cl)cc1Cl. The van der Waals surface area contributed by atoms with Crippen molar-refractivity contribution in [3.8, 4) is 11.5 Å². The number of hydrogen-bond acceptors (Lipinski definition) is 7. The average molecular weight is 546 g/mol. The van der Waals surface area contributed by atoms with Gasteiger partial charge in [0.1, 0.15) is 11.2 Å². The molecule has 3 heterocycles. The molecule has 1 atom stereocenters. The van der Waals surface area contributed by atoms with Crippen molar-refractivity contribution in [1.29, 1.82) is 0 Å². The molecule has 2 aliphatic rings. The second kappa shape index (κ2) is 9.94. The third-order valence-electron chi connectivity index (χ3n) is 6.47. The lowest BCUT2D eigenvalue weighted by molar-refractivity contribution is 0.0729. The number of rotatable bonds is 5. The number of anilines is 1. The molecular weight excluding hydrogens is 521 g/mol. The summed E-state index contributed by atoms with van der Waals surface area (Å²) in [6.45, 7) is 6.19. The van der Waals surface area contributed by atoms with E-state index in [4.69, 9.17) is 32.7 Å². The first-order chi connectivity index (χ1) is 17.2. The van der Waals surface area contributed by atoms with Crippen molar-refractivity contribution in [2.75, 3.05) is 19.0 Å². The number of methoxy groups -OCH3 is 1. The summed E-state index contributed by atoms with van der Waals surface area (Å²) in [7, 11) is 1.49. The highest BCUT2D eigenvalue weighted by atomic mass is 35.5. The molecule has 2 aliphatic heterocycles. The van der Waals surface area contributed by atoms with Crippen molar-refractivity contribution < 1.29 is 19.1 Å². The van der Waals surface area contributed by atoms with Gasteiger partial charge in [0.15, 0.2) is 11.5 Å². The lowest BCUT2D eigenvalue weighted by Crippen LogP contribution is -2.39. The highest BCUT2D eigenvalue weighted by Gasteiger charge is 2.34. The van der Waals surface area contributed by atoms with Crippen LogP contribution in [0.5, 0.6) is 11.5 Å². The molecule has 10 heteroatoms. The van der Waals surface area contributed by atoms with Gasteiger partial charge in [-0.1, -0.05) is 29.3 Å². The standard InChI is InChI=1S/C26H25Cl2N3O4S/c1-13(2)31-9-8-17-21(12-31)36-25-22(17)24(32)29-23(30-25)14-4-7-19(20(10-14)34-3)35-26(33)16-6-5-15(27)11-18(16)28/h4-7,10-11,13,23,30H,8-9,12H2,1-3H3,(H,29,32)/t23-/m1/s1. The molecule has 1 amide bonds. The molecule has 2 N–H and O–H groups in total. The number of nitrogens with zero attached hydrogens (tertiary/aromatic N) is 1. The van der Waals surface area contributed by atoms with E-state index in [0.29, 0.717) is 16.8 Å². The molecule has 0 saturated heterocycles. The zero-order valence-corrected chi connectivity index (χ0v) is 22.3. The summed E-state index contributed by atoms with van der Waals surface area (Å²) in [6.07, 6.45) is 0.417. The van der Waals surface area contributed by atoms with Crippen molar-refractivity contribution in [3.63, 3.8) is 0 Å². The summed E-state index contributed by atoms with van der Waals surface area (Å²) in [5.41, 5.74) is 2.87. The fourth-order valence-electron chi connectivity index (χ4n) is 4.50. The number of carbonyl (C=O) groups is 2. The van der Waals surface area contributed by atoms with Crippen molar-refractivity contribution in [3.05, 3.63) is 73.6 Å². The summed E-state index contributed by atoms with van der Waals surface area (Å²) in [4.78, 5) is 29.4. The zero-order chi connectivity index (χ0) is 25.6. The Hall–Kier alpha value is -2.78. The number of esters is 1. The third-order valence-corrected chi connectivity index (χ3v) is 8.17. The molecule has 7 nitrogen and oxygen atoms in total. The first-order valence-corrected chi connectivity index (χ1v) is 13.1. The van der Waals surface area contributed by atoms with Crippen LogP contribution >= 0.6 is 34.5 Å². The maximum Gasteiger partial charge on any atom is 0.345 e. The van der Waals surface area contributed by atoms with E-state index in [1.54, 1.807) is 35.6 Å². The molecule has 188 valence electrons. The predicted octanol–water partition coefficient (Wildman–Crippen LogP) is 5.90. The van der Waals surface area contributed by atoms with E-state index >= 15 is 0 Å². The van der Waals surface area contributed by atoms with E-state index in [1.807, 2.05) is 0 Å². The number of carbonyl (C=O) groups excluding carboxylic acids is 2. The van der Waals surface area contributed by atoms with Gasteiger partial charge >= 0.3 is 5.97 Å². The largest absolute Gasteiger partial charge is 0.493 e. The lowest BCUT2D eigenvalue weighted by atomic mass is 9.99. The summed E-state index contributed by atoms with van der Waals surface area (Å²) >= 11 is 13.7. The minimum Gasteiger partial charge on any atom is -0.493 e. The molecule has 2 aromatic carbocycles. The van der Waals surface area contributed by atoms with Crippen LogP contribution in [0.4, 0.5) is 5.00 Å². The Morgan fingerprint density at radius 2 is 1.94 bits per heavy atom. The number of fused-ring (bicyclic) bond motifs is 3. The monoisotopic (exact) mass is 545 g/mol. The summed E-state index contributed by atoms with van der Waals surface area (Å²) in [5, 5.41) is 8.03. The second-order valence-electron chi connectivity index (χ2n) is 9.00. The Morgan fingerprint density at radius 3 is 2.67 bits per heavy atom. The number of thiophene rings is 1. The van der Waals surface area contributed by atoms with Gasteiger partial charge in [0.05, 0.1) is 23.3 Å². The second-order valence-corrected chi connectivity index (χ2v) is 10.9. The van der Waals surface area contributed by atoms with E-state index in [2.05, 4.69) is 29.4 Å². The molecule has 0 fully saturated rings. The molecule has 0 saturated carbocycles. The zero-order valence-electron chi connectivity index (χ0n) is 20.0. The van der Waals surface area contributed by atoms with Crippen LogP contribution in [0.2, 0.25) is 10.0 Å². The molecule has 0 unspecified atom stereocenters. The number of hydrogen-bond donors (Lipinski definition) is 2. The first-order valence-electron chi connectivity index (χ1n) is 11.6. The van der Waals surface area contributed by atoms with Gasteiger partial charge < -0.3 is 20.1 Å². The van der Waals surface area contributed by atoms with E-state index in [-0.39, 0.29) is 22.2 Å². The minimum absolute atomic E-state index is 0.0869. The van der Waals surface area contributed by atoms with Crippen molar-refractivity contribution in [2.24, 2.45) is 0 Å². The molecule has 0 spiro atoms. The van der Waals surface area contributed by atoms with Crippen LogP contribution in [-0.4, -0.2) is 36.5 Å². The highest BCUT2D eigenvalue weighted by molar-refractivity contribution is 7.16. The van der Waals surface area contributed by atoms with Crippen LogP contribution in [0.3, 0.4) is 0 Å². The number of nitrogens with one attached hydrogen (secondary N) is 2. The number of benzene rings is 2. The van der Waals surface area contributed by atoms with Gasteiger partial charge in [-0.3, -0.25) is 9.69 Å².